The predicted octanol–water partition coefficient (Wildman–Crippen LogP) is 10.2. The number of methoxy groups -OCH3 is 2. The number of nitrogens with zero attached hydrogens (tertiary/aromatic N) is 5. The smallest absolute Gasteiger partial charge is 0.308 e. The van der Waals surface area contributed by atoms with E-state index in [-0.39, 0.29) is 92.9 Å². The predicted molar refractivity (Wildman–Crippen MR) is 365 cm³/mol. The minimum absolute atomic E-state index is 0.0152. The lowest BCUT2D eigenvalue weighted by Gasteiger charge is -2.42. The van der Waals surface area contributed by atoms with E-state index in [0.717, 1.165) is 131 Å². The number of hydrogen-bond acceptors (Lipinski definition) is 15. The summed E-state index contributed by atoms with van der Waals surface area (Å²) in [7, 11) is 7.18. The van der Waals surface area contributed by atoms with Crippen LogP contribution in [0.15, 0.2) is 85.2 Å². The van der Waals surface area contributed by atoms with Crippen molar-refractivity contribution in [2.45, 2.75) is 139 Å². The van der Waals surface area contributed by atoms with E-state index in [9.17, 15) is 33.2 Å². The van der Waals surface area contributed by atoms with Gasteiger partial charge in [-0.15, -0.1) is 0 Å². The minimum atomic E-state index is -1.16. The van der Waals surface area contributed by atoms with Crippen LogP contribution < -0.4 is 16.0 Å². The molecule has 6 aromatic rings. The maximum Gasteiger partial charge on any atom is 0.308 e. The molecule has 0 spiro atoms. The molecule has 4 aromatic carbocycles. The Labute approximate surface area is 574 Å². The molecule has 4 N–H and O–H groups in total. The lowest BCUT2D eigenvalue weighted by Crippen LogP contribution is -2.56. The SMILES string of the molecule is CCOC(=O)C1CCC(OCC2C[C@H](N3CC(OC)C3)CN2)CC1.CCOC(=O)C1CCC(OCC2C[C@H](N3CC(OC)C3)CN2C(=O)Cc2cc(Cl)c(NC(=O)c3cn(C)c4ccccc34)cc2F)CC1.Cn1cc(C(=O)Nc2cc(F)c(CC(=O)O)cc2Cl)c2ccccc21. The molecular formula is C72H90Cl2F2N8O13. The van der Waals surface area contributed by atoms with E-state index in [1.807, 2.05) is 90.5 Å². The van der Waals surface area contributed by atoms with Gasteiger partial charge in [0, 0.05) is 125 Å². The number of aromatic nitrogens is 2. The van der Waals surface area contributed by atoms with E-state index in [0.29, 0.717) is 61.8 Å². The van der Waals surface area contributed by atoms with Crippen molar-refractivity contribution in [2.24, 2.45) is 25.9 Å². The molecule has 3 amide bonds. The number of esters is 2. The second kappa shape index (κ2) is 33.7. The van der Waals surface area contributed by atoms with Crippen molar-refractivity contribution < 1.29 is 71.1 Å². The standard InChI is InChI=1S/C36H44ClFN4O6.C18H14ClFN2O3.C18H32N2O4/c1-4-47-36(45)22-9-11-26(12-10-22)48-21-25-15-24(41-18-27(19-41)46-3)17-42(25)34(43)14-23-13-30(37)32(16-31(23)38)39-35(44)29-20-40(2)33-8-6-5-7-28(29)33;1-22-9-12(11-4-2-3-5-16(11)22)18(25)21-15-8-14(20)10(6-13(15)19)7-17(23)24;1-3-23-18(21)13-4-6-16(7-5-13)24-12-14-8-15(9-19-14)20-10-17(11-20)22-2/h5-8,13,16,20,22,24-27H,4,9-12,14-15,17-19,21H2,1-3H3,(H,39,44);2-6,8-9H,7H2,1H3,(H,21,25)(H,23,24);13-17,19H,3-12H2,1-2H3/t22?,24-,25?,26?;;13?,14?,15-,16?/m0.0/s1. The normalized spacial score (nSPS) is 23.0. The lowest BCUT2D eigenvalue weighted by molar-refractivity contribution is -0.151. The van der Waals surface area contributed by atoms with Gasteiger partial charge in [-0.05, 0) is 120 Å². The van der Waals surface area contributed by atoms with Crippen LogP contribution in [0.3, 0.4) is 0 Å². The zero-order chi connectivity index (χ0) is 69.0. The van der Waals surface area contributed by atoms with Crippen molar-refractivity contribution in [1.82, 2.24) is 29.2 Å². The Balaban J connectivity index is 0.000000175. The summed E-state index contributed by atoms with van der Waals surface area (Å²) in [6.45, 7) is 11.0. The molecule has 2 unspecified atom stereocenters. The third-order valence-corrected chi connectivity index (χ3v) is 20.4. The fourth-order valence-corrected chi connectivity index (χ4v) is 14.6. The number of aliphatic carboxylic acids is 1. The second-order valence-corrected chi connectivity index (χ2v) is 27.0. The van der Waals surface area contributed by atoms with Crippen LogP contribution in [-0.4, -0.2) is 193 Å². The molecule has 0 bridgehead atoms. The Kier molecular flexibility index (Phi) is 25.2. The number of carboxylic acid groups (broad SMARTS) is 1. The van der Waals surface area contributed by atoms with E-state index in [2.05, 4.69) is 25.8 Å². The third kappa shape index (κ3) is 18.2. The zero-order valence-corrected chi connectivity index (χ0v) is 57.5. The van der Waals surface area contributed by atoms with Crippen molar-refractivity contribution >= 4 is 92.0 Å². The number of fused-ring (bicyclic) bond motifs is 2. The van der Waals surface area contributed by atoms with Crippen LogP contribution in [0.5, 0.6) is 0 Å². The molecule has 2 saturated carbocycles. The number of carbonyl (C=O) groups is 6. The number of para-hydroxylation sites is 2. The maximum atomic E-state index is 15.5. The van der Waals surface area contributed by atoms with Gasteiger partial charge in [-0.3, -0.25) is 38.6 Å². The Morgan fingerprint density at radius 2 is 1.04 bits per heavy atom. The summed E-state index contributed by atoms with van der Waals surface area (Å²) >= 11 is 12.6. The molecule has 2 aromatic heterocycles. The van der Waals surface area contributed by atoms with Gasteiger partial charge in [0.2, 0.25) is 5.91 Å². The Hall–Kier alpha value is -7.06. The summed E-state index contributed by atoms with van der Waals surface area (Å²) in [5, 5.41) is 19.4. The second-order valence-electron chi connectivity index (χ2n) is 26.2. The Morgan fingerprint density at radius 3 is 1.51 bits per heavy atom. The summed E-state index contributed by atoms with van der Waals surface area (Å²) in [6, 6.07) is 20.9. The van der Waals surface area contributed by atoms with Crippen LogP contribution >= 0.6 is 23.2 Å². The fraction of sp³-hybridized carbons (Fsp3) is 0.528. The largest absolute Gasteiger partial charge is 0.481 e. The summed E-state index contributed by atoms with van der Waals surface area (Å²) in [5.41, 5.74) is 3.02. The van der Waals surface area contributed by atoms with Gasteiger partial charge in [0.25, 0.3) is 11.8 Å². The van der Waals surface area contributed by atoms with E-state index in [1.54, 1.807) is 26.6 Å². The first-order valence-electron chi connectivity index (χ1n) is 33.7. The van der Waals surface area contributed by atoms with Crippen LogP contribution in [0.25, 0.3) is 21.8 Å². The quantitative estimate of drug-likeness (QED) is 0.0463. The van der Waals surface area contributed by atoms with Crippen LogP contribution in [0.1, 0.15) is 110 Å². The number of likely N-dealkylation sites (tertiary alicyclic amines) is 3. The van der Waals surface area contributed by atoms with Gasteiger partial charge in [0.1, 0.15) is 11.6 Å². The molecule has 2 aliphatic carbocycles. The molecule has 0 radical (unpaired) electrons. The summed E-state index contributed by atoms with van der Waals surface area (Å²) in [5.74, 6) is -3.72. The number of carbonyl (C=O) groups excluding carboxylic acids is 5. The average molecular weight is 1380 g/mol. The number of rotatable bonds is 22. The van der Waals surface area contributed by atoms with Crippen LogP contribution in [0, 0.1) is 23.5 Å². The number of halogens is 4. The minimum Gasteiger partial charge on any atom is -0.481 e. The first-order valence-corrected chi connectivity index (χ1v) is 34.5. The first-order chi connectivity index (χ1) is 46.7. The molecule has 12 rings (SSSR count). The molecule has 4 aliphatic heterocycles. The molecule has 21 nitrogen and oxygen atoms in total. The number of carboxylic acids is 1. The molecule has 6 aliphatic rings. The lowest BCUT2D eigenvalue weighted by atomic mass is 9.87. The fourth-order valence-electron chi connectivity index (χ4n) is 14.1. The van der Waals surface area contributed by atoms with Crippen molar-refractivity contribution in [3.05, 3.63) is 129 Å². The molecule has 4 saturated heterocycles. The molecule has 6 heterocycles. The van der Waals surface area contributed by atoms with Gasteiger partial charge >= 0.3 is 17.9 Å². The molecule has 97 heavy (non-hydrogen) atoms. The topological polar surface area (TPSA) is 234 Å². The maximum absolute atomic E-state index is 15.5. The van der Waals surface area contributed by atoms with Crippen LogP contribution in [0.2, 0.25) is 10.0 Å². The van der Waals surface area contributed by atoms with Gasteiger partial charge in [0.15, 0.2) is 0 Å². The average Bonchev–Trinajstić information content (AvgIpc) is 1.70. The van der Waals surface area contributed by atoms with Gasteiger partial charge < -0.3 is 63.5 Å². The number of anilines is 2. The summed E-state index contributed by atoms with van der Waals surface area (Å²) < 4.78 is 66.8. The molecule has 4 atom stereocenters. The third-order valence-electron chi connectivity index (χ3n) is 19.7. The molecular weight excluding hydrogens is 1290 g/mol. The number of benzene rings is 4. The van der Waals surface area contributed by atoms with E-state index < -0.39 is 35.8 Å². The molecule has 6 fully saturated rings. The highest BCUT2D eigenvalue weighted by atomic mass is 35.5. The van der Waals surface area contributed by atoms with Crippen molar-refractivity contribution in [3.63, 3.8) is 0 Å². The monoisotopic (exact) mass is 1380 g/mol. The van der Waals surface area contributed by atoms with Gasteiger partial charge in [0.05, 0.1) is 114 Å². The summed E-state index contributed by atoms with van der Waals surface area (Å²) in [6.07, 6.45) is 12.3. The van der Waals surface area contributed by atoms with Crippen molar-refractivity contribution in [1.29, 1.82) is 0 Å². The number of amides is 3. The highest BCUT2D eigenvalue weighted by molar-refractivity contribution is 6.34. The van der Waals surface area contributed by atoms with E-state index in [1.165, 1.54) is 18.2 Å². The van der Waals surface area contributed by atoms with Crippen molar-refractivity contribution in [2.75, 3.05) is 90.5 Å². The highest BCUT2D eigenvalue weighted by Crippen LogP contribution is 2.35. The van der Waals surface area contributed by atoms with Crippen LogP contribution in [0.4, 0.5) is 20.2 Å². The van der Waals surface area contributed by atoms with Crippen LogP contribution in [-0.2, 0) is 74.5 Å². The van der Waals surface area contributed by atoms with Crippen molar-refractivity contribution in [3.8, 4) is 0 Å². The van der Waals surface area contributed by atoms with E-state index >= 15 is 4.39 Å². The number of aryl methyl sites for hydroxylation is 2. The number of nitrogens with one attached hydrogen (secondary N) is 3. The van der Waals surface area contributed by atoms with Gasteiger partial charge in [-0.25, -0.2) is 8.78 Å². The number of ether oxygens (including phenoxy) is 6. The summed E-state index contributed by atoms with van der Waals surface area (Å²) in [4.78, 5) is 80.8. The zero-order valence-electron chi connectivity index (χ0n) is 56.0. The molecule has 524 valence electrons. The molecule has 25 heteroatoms. The Bertz CT molecular complexity index is 3750. The number of hydrogen-bond donors (Lipinski definition) is 4. The Morgan fingerprint density at radius 1 is 0.588 bits per heavy atom. The van der Waals surface area contributed by atoms with Gasteiger partial charge in [-0.1, -0.05) is 59.6 Å². The van der Waals surface area contributed by atoms with Gasteiger partial charge in [-0.2, -0.15) is 0 Å². The first kappa shape index (κ1) is 72.7. The highest BCUT2D eigenvalue weighted by Gasteiger charge is 2.43. The van der Waals surface area contributed by atoms with E-state index in [4.69, 9.17) is 56.7 Å².